The van der Waals surface area contributed by atoms with E-state index in [1.54, 1.807) is 0 Å². The summed E-state index contributed by atoms with van der Waals surface area (Å²) in [6, 6.07) is 4.38. The summed E-state index contributed by atoms with van der Waals surface area (Å²) in [6.45, 7) is 3.79. The fourth-order valence-electron chi connectivity index (χ4n) is 2.09. The third kappa shape index (κ3) is 3.44. The summed E-state index contributed by atoms with van der Waals surface area (Å²) in [5.74, 6) is -0.620. The fraction of sp³-hybridized carbons (Fsp3) is 0.500. The molecule has 1 aliphatic heterocycles. The molecule has 1 saturated heterocycles. The molecule has 1 amide bonds. The van der Waals surface area contributed by atoms with Gasteiger partial charge in [0, 0.05) is 11.8 Å². The number of hydrogen-bond donors (Lipinski definition) is 1. The molecule has 0 radical (unpaired) electrons. The highest BCUT2D eigenvalue weighted by molar-refractivity contribution is 8.00. The van der Waals surface area contributed by atoms with Crippen LogP contribution < -0.4 is 5.32 Å². The van der Waals surface area contributed by atoms with Crippen molar-refractivity contribution < 1.29 is 17.6 Å². The Balaban J connectivity index is 2.27. The summed E-state index contributed by atoms with van der Waals surface area (Å²) in [4.78, 5) is 11.9. The highest BCUT2D eigenvalue weighted by atomic mass is 32.2. The molecule has 1 fully saturated rings. The first-order valence-electron chi connectivity index (χ1n) is 7.02. The first-order chi connectivity index (χ1) is 10.4. The Bertz CT molecular complexity index is 651. The fourth-order valence-corrected chi connectivity index (χ4v) is 5.31. The van der Waals surface area contributed by atoms with E-state index in [4.69, 9.17) is 0 Å². The van der Waals surface area contributed by atoms with Gasteiger partial charge in [-0.1, -0.05) is 19.1 Å². The molecule has 1 aromatic carbocycles. The topological polar surface area (TPSA) is 66.5 Å². The van der Waals surface area contributed by atoms with Crippen LogP contribution in [0.1, 0.15) is 20.3 Å². The highest BCUT2D eigenvalue weighted by Gasteiger charge is 2.41. The van der Waals surface area contributed by atoms with Crippen LogP contribution in [0.25, 0.3) is 0 Å². The van der Waals surface area contributed by atoms with Crippen molar-refractivity contribution in [2.24, 2.45) is 0 Å². The van der Waals surface area contributed by atoms with Gasteiger partial charge in [-0.05, 0) is 25.5 Å². The SMILES string of the molecule is CC[C@H](C)NC(=O)[C@@H]1CSCN1S(=O)(=O)c1ccccc1F. The number of carbonyl (C=O) groups is 1. The van der Waals surface area contributed by atoms with Crippen LogP contribution in [0.15, 0.2) is 29.2 Å². The van der Waals surface area contributed by atoms with Gasteiger partial charge in [-0.15, -0.1) is 11.8 Å². The van der Waals surface area contributed by atoms with Crippen LogP contribution in [0.4, 0.5) is 4.39 Å². The Kier molecular flexibility index (Phi) is 5.46. The van der Waals surface area contributed by atoms with E-state index in [0.717, 1.165) is 16.8 Å². The lowest BCUT2D eigenvalue weighted by Gasteiger charge is -2.24. The number of nitrogens with one attached hydrogen (secondary N) is 1. The van der Waals surface area contributed by atoms with E-state index < -0.39 is 21.9 Å². The van der Waals surface area contributed by atoms with Gasteiger partial charge in [0.25, 0.3) is 0 Å². The van der Waals surface area contributed by atoms with Gasteiger partial charge in [-0.25, -0.2) is 12.8 Å². The number of halogens is 1. The van der Waals surface area contributed by atoms with Gasteiger partial charge < -0.3 is 5.32 Å². The van der Waals surface area contributed by atoms with Gasteiger partial charge in [0.1, 0.15) is 16.8 Å². The van der Waals surface area contributed by atoms with Crippen LogP contribution in [0.2, 0.25) is 0 Å². The minimum Gasteiger partial charge on any atom is -0.352 e. The predicted octanol–water partition coefficient (Wildman–Crippen LogP) is 1.80. The maximum absolute atomic E-state index is 13.8. The minimum absolute atomic E-state index is 0.0314. The van der Waals surface area contributed by atoms with Gasteiger partial charge in [0.05, 0.1) is 5.88 Å². The molecule has 122 valence electrons. The maximum Gasteiger partial charge on any atom is 0.247 e. The number of sulfonamides is 1. The molecule has 22 heavy (non-hydrogen) atoms. The molecule has 5 nitrogen and oxygen atoms in total. The first-order valence-corrected chi connectivity index (χ1v) is 9.62. The van der Waals surface area contributed by atoms with Gasteiger partial charge >= 0.3 is 0 Å². The summed E-state index contributed by atoms with van der Waals surface area (Å²) in [5, 5.41) is 2.79. The Labute approximate surface area is 134 Å². The molecule has 0 unspecified atom stereocenters. The Morgan fingerprint density at radius 3 is 2.82 bits per heavy atom. The third-order valence-electron chi connectivity index (χ3n) is 3.57. The molecule has 1 aliphatic rings. The zero-order chi connectivity index (χ0) is 16.3. The standard InChI is InChI=1S/C14H19FN2O3S2/c1-3-10(2)16-14(18)12-8-21-9-17(12)22(19,20)13-7-5-4-6-11(13)15/h4-7,10,12H,3,8-9H2,1-2H3,(H,16,18)/t10-,12-/m0/s1. The Morgan fingerprint density at radius 1 is 1.50 bits per heavy atom. The molecular weight excluding hydrogens is 327 g/mol. The molecule has 1 aromatic rings. The largest absolute Gasteiger partial charge is 0.352 e. The molecular formula is C14H19FN2O3S2. The number of amides is 1. The lowest BCUT2D eigenvalue weighted by molar-refractivity contribution is -0.124. The second-order valence-corrected chi connectivity index (χ2v) is 8.01. The highest BCUT2D eigenvalue weighted by Crippen LogP contribution is 2.29. The summed E-state index contributed by atoms with van der Waals surface area (Å²) >= 11 is 1.34. The molecule has 1 heterocycles. The molecule has 0 spiro atoms. The van der Waals surface area contributed by atoms with Crippen molar-refractivity contribution in [2.75, 3.05) is 11.6 Å². The third-order valence-corrected chi connectivity index (χ3v) is 6.63. The van der Waals surface area contributed by atoms with Crippen LogP contribution in [0, 0.1) is 5.82 Å². The average Bonchev–Trinajstić information content (AvgIpc) is 2.97. The lowest BCUT2D eigenvalue weighted by Crippen LogP contribution is -2.49. The Hall–Kier alpha value is -1.12. The van der Waals surface area contributed by atoms with Crippen molar-refractivity contribution in [1.82, 2.24) is 9.62 Å². The van der Waals surface area contributed by atoms with E-state index >= 15 is 0 Å². The van der Waals surface area contributed by atoms with Gasteiger partial charge in [-0.3, -0.25) is 4.79 Å². The minimum atomic E-state index is -4.03. The average molecular weight is 346 g/mol. The summed E-state index contributed by atoms with van der Waals surface area (Å²) in [6.07, 6.45) is 0.756. The summed E-state index contributed by atoms with van der Waals surface area (Å²) in [7, 11) is -4.03. The second-order valence-electron chi connectivity index (χ2n) is 5.16. The molecule has 1 N–H and O–H groups in total. The van der Waals surface area contributed by atoms with Crippen LogP contribution in [-0.2, 0) is 14.8 Å². The van der Waals surface area contributed by atoms with Crippen LogP contribution in [0.3, 0.4) is 0 Å². The Morgan fingerprint density at radius 2 is 2.18 bits per heavy atom. The van der Waals surface area contributed by atoms with E-state index in [0.29, 0.717) is 5.75 Å². The van der Waals surface area contributed by atoms with Crippen molar-refractivity contribution >= 4 is 27.7 Å². The molecule has 0 bridgehead atoms. The molecule has 0 aliphatic carbocycles. The molecule has 0 aromatic heterocycles. The smallest absolute Gasteiger partial charge is 0.247 e. The number of carbonyl (C=O) groups excluding carboxylic acids is 1. The van der Waals surface area contributed by atoms with Crippen molar-refractivity contribution in [3.8, 4) is 0 Å². The number of benzene rings is 1. The molecule has 2 atom stereocenters. The monoisotopic (exact) mass is 346 g/mol. The molecule has 2 rings (SSSR count). The first kappa shape index (κ1) is 17.2. The predicted molar refractivity (Wildman–Crippen MR) is 84.4 cm³/mol. The second kappa shape index (κ2) is 6.97. The molecule has 8 heteroatoms. The number of nitrogens with zero attached hydrogens (tertiary/aromatic N) is 1. The van der Waals surface area contributed by atoms with E-state index in [9.17, 15) is 17.6 Å². The number of rotatable bonds is 5. The van der Waals surface area contributed by atoms with Gasteiger partial charge in [0.2, 0.25) is 15.9 Å². The number of hydrogen-bond acceptors (Lipinski definition) is 4. The van der Waals surface area contributed by atoms with Gasteiger partial charge in [-0.2, -0.15) is 4.31 Å². The zero-order valence-electron chi connectivity index (χ0n) is 12.5. The van der Waals surface area contributed by atoms with Gasteiger partial charge in [0.15, 0.2) is 0 Å². The van der Waals surface area contributed by atoms with Crippen LogP contribution in [-0.4, -0.2) is 42.3 Å². The maximum atomic E-state index is 13.8. The van der Waals surface area contributed by atoms with Crippen molar-refractivity contribution in [1.29, 1.82) is 0 Å². The normalized spacial score (nSPS) is 20.8. The van der Waals surface area contributed by atoms with E-state index in [2.05, 4.69) is 5.32 Å². The van der Waals surface area contributed by atoms with Crippen molar-refractivity contribution in [2.45, 2.75) is 37.2 Å². The zero-order valence-corrected chi connectivity index (χ0v) is 14.1. The lowest BCUT2D eigenvalue weighted by atomic mass is 10.2. The summed E-state index contributed by atoms with van der Waals surface area (Å²) < 4.78 is 40.1. The molecule has 0 saturated carbocycles. The summed E-state index contributed by atoms with van der Waals surface area (Å²) in [5.41, 5.74) is 0. The van der Waals surface area contributed by atoms with Crippen LogP contribution in [0.5, 0.6) is 0 Å². The quantitative estimate of drug-likeness (QED) is 0.883. The van der Waals surface area contributed by atoms with E-state index in [1.165, 1.54) is 30.0 Å². The van der Waals surface area contributed by atoms with Crippen molar-refractivity contribution in [3.05, 3.63) is 30.1 Å². The van der Waals surface area contributed by atoms with Crippen molar-refractivity contribution in [3.63, 3.8) is 0 Å². The van der Waals surface area contributed by atoms with Crippen LogP contribution >= 0.6 is 11.8 Å². The van der Waals surface area contributed by atoms with E-state index in [-0.39, 0.29) is 22.7 Å². The number of thioether (sulfide) groups is 1. The van der Waals surface area contributed by atoms with E-state index in [1.807, 2.05) is 13.8 Å².